The fourth-order valence-electron chi connectivity index (χ4n) is 2.36. The van der Waals surface area contributed by atoms with Crippen LogP contribution in [0.1, 0.15) is 20.3 Å². The third-order valence-corrected chi connectivity index (χ3v) is 4.78. The molecule has 26 heavy (non-hydrogen) atoms. The highest BCUT2D eigenvalue weighted by atomic mass is 31.2. The van der Waals surface area contributed by atoms with Gasteiger partial charge in [0.05, 0.1) is 18.3 Å². The van der Waals surface area contributed by atoms with Gasteiger partial charge in [0.1, 0.15) is 5.60 Å². The molecule has 0 aromatic rings. The Balaban J connectivity index is 1.96. The molecule has 0 saturated carbocycles. The van der Waals surface area contributed by atoms with Crippen LogP contribution in [-0.4, -0.2) is 39.9 Å². The summed E-state index contributed by atoms with van der Waals surface area (Å²) < 4.78 is 21.0. The first kappa shape index (κ1) is 20.4. The highest BCUT2D eigenvalue weighted by molar-refractivity contribution is 7.51. The molecular weight excluding hydrogens is 357 g/mol. The first-order valence-corrected chi connectivity index (χ1v) is 9.98. The Morgan fingerprint density at radius 2 is 1.58 bits per heavy atom. The molecule has 8 heteroatoms. The summed E-state index contributed by atoms with van der Waals surface area (Å²) in [7, 11) is -4.09. The molecule has 7 nitrogen and oxygen atoms in total. The van der Waals surface area contributed by atoms with Crippen molar-refractivity contribution >= 4 is 13.8 Å². The highest BCUT2D eigenvalue weighted by Gasteiger charge is 2.26. The zero-order chi connectivity index (χ0) is 19.4. The molecular formula is C18H24NO6P. The summed E-state index contributed by atoms with van der Waals surface area (Å²) in [6.07, 6.45) is 13.6. The minimum Gasteiger partial charge on any atom is -0.434 e. The maximum Gasteiger partial charge on any atom is 0.509 e. The van der Waals surface area contributed by atoms with E-state index in [0.717, 1.165) is 11.1 Å². The molecule has 0 aromatic carbocycles. The molecule has 2 rings (SSSR count). The molecule has 0 aliphatic heterocycles. The van der Waals surface area contributed by atoms with Gasteiger partial charge in [0, 0.05) is 0 Å². The van der Waals surface area contributed by atoms with Crippen molar-refractivity contribution < 1.29 is 28.6 Å². The second-order valence-electron chi connectivity index (χ2n) is 6.74. The van der Waals surface area contributed by atoms with Crippen molar-refractivity contribution in [3.8, 4) is 0 Å². The lowest BCUT2D eigenvalue weighted by Gasteiger charge is -2.21. The SMILES string of the molecule is CC1(N)C=CC2=C(C=C1)C=CC(C)(OC(=O)OCCCP(=O)(O)O)C=C2. The van der Waals surface area contributed by atoms with Crippen molar-refractivity contribution in [2.24, 2.45) is 5.73 Å². The molecule has 0 heterocycles. The normalized spacial score (nSPS) is 20.3. The largest absolute Gasteiger partial charge is 0.509 e. The molecule has 2 aliphatic carbocycles. The van der Waals surface area contributed by atoms with E-state index in [-0.39, 0.29) is 19.2 Å². The van der Waals surface area contributed by atoms with Gasteiger partial charge in [-0.2, -0.15) is 0 Å². The molecule has 0 atom stereocenters. The maximum absolute atomic E-state index is 11.8. The smallest absolute Gasteiger partial charge is 0.434 e. The number of carbonyl (C=O) groups excluding carboxylic acids is 1. The molecule has 0 bridgehead atoms. The first-order chi connectivity index (χ1) is 12.0. The van der Waals surface area contributed by atoms with Gasteiger partial charge in [0.25, 0.3) is 0 Å². The summed E-state index contributed by atoms with van der Waals surface area (Å²) in [5.41, 5.74) is 6.45. The van der Waals surface area contributed by atoms with Gasteiger partial charge >= 0.3 is 13.8 Å². The maximum atomic E-state index is 11.8. The van der Waals surface area contributed by atoms with Gasteiger partial charge in [-0.3, -0.25) is 4.57 Å². The predicted octanol–water partition coefficient (Wildman–Crippen LogP) is 2.73. The number of carbonyl (C=O) groups is 1. The van der Waals surface area contributed by atoms with Gasteiger partial charge in [-0.25, -0.2) is 4.79 Å². The number of nitrogens with two attached hydrogens (primary N) is 1. The van der Waals surface area contributed by atoms with Crippen molar-refractivity contribution in [3.63, 3.8) is 0 Å². The lowest BCUT2D eigenvalue weighted by atomic mass is 10.0. The molecule has 0 unspecified atom stereocenters. The van der Waals surface area contributed by atoms with Crippen molar-refractivity contribution in [1.82, 2.24) is 0 Å². The summed E-state index contributed by atoms with van der Waals surface area (Å²) in [4.78, 5) is 29.4. The number of rotatable bonds is 5. The third kappa shape index (κ3) is 6.42. The number of hydrogen-bond donors (Lipinski definition) is 3. The van der Waals surface area contributed by atoms with Gasteiger partial charge in [-0.1, -0.05) is 36.5 Å². The topological polar surface area (TPSA) is 119 Å². The van der Waals surface area contributed by atoms with Crippen LogP contribution in [-0.2, 0) is 14.0 Å². The van der Waals surface area contributed by atoms with E-state index in [1.54, 1.807) is 19.1 Å². The van der Waals surface area contributed by atoms with Crippen LogP contribution in [0.5, 0.6) is 0 Å². The highest BCUT2D eigenvalue weighted by Crippen LogP contribution is 2.34. The van der Waals surface area contributed by atoms with Crippen molar-refractivity contribution in [2.75, 3.05) is 12.8 Å². The van der Waals surface area contributed by atoms with E-state index in [9.17, 15) is 9.36 Å². The van der Waals surface area contributed by atoms with Crippen LogP contribution >= 0.6 is 7.60 Å². The van der Waals surface area contributed by atoms with Crippen LogP contribution < -0.4 is 5.73 Å². The van der Waals surface area contributed by atoms with Crippen LogP contribution in [0.3, 0.4) is 0 Å². The van der Waals surface area contributed by atoms with E-state index < -0.39 is 24.9 Å². The summed E-state index contributed by atoms with van der Waals surface area (Å²) >= 11 is 0. The zero-order valence-corrected chi connectivity index (χ0v) is 15.7. The molecule has 0 radical (unpaired) electrons. The van der Waals surface area contributed by atoms with Crippen LogP contribution in [0.15, 0.2) is 59.8 Å². The van der Waals surface area contributed by atoms with E-state index in [0.29, 0.717) is 0 Å². The number of ether oxygens (including phenoxy) is 2. The molecule has 0 saturated heterocycles. The molecule has 0 spiro atoms. The van der Waals surface area contributed by atoms with Crippen LogP contribution in [0.25, 0.3) is 0 Å². The Morgan fingerprint density at radius 3 is 2.08 bits per heavy atom. The Kier molecular flexibility index (Phi) is 6.09. The van der Waals surface area contributed by atoms with Crippen molar-refractivity contribution in [1.29, 1.82) is 0 Å². The second kappa shape index (κ2) is 7.76. The average Bonchev–Trinajstić information content (AvgIpc) is 2.75. The monoisotopic (exact) mass is 381 g/mol. The molecule has 0 fully saturated rings. The van der Waals surface area contributed by atoms with E-state index in [1.807, 2.05) is 43.4 Å². The lowest BCUT2D eigenvalue weighted by Crippen LogP contribution is -2.30. The van der Waals surface area contributed by atoms with E-state index in [2.05, 4.69) is 0 Å². The van der Waals surface area contributed by atoms with E-state index in [1.165, 1.54) is 0 Å². The van der Waals surface area contributed by atoms with E-state index >= 15 is 0 Å². The Bertz CT molecular complexity index is 718. The first-order valence-electron chi connectivity index (χ1n) is 8.19. The quantitative estimate of drug-likeness (QED) is 0.380. The van der Waals surface area contributed by atoms with Crippen LogP contribution in [0.2, 0.25) is 0 Å². The van der Waals surface area contributed by atoms with E-state index in [4.69, 9.17) is 25.0 Å². The van der Waals surface area contributed by atoms with Crippen LogP contribution in [0, 0.1) is 0 Å². The number of hydrogen-bond acceptors (Lipinski definition) is 5. The molecule has 4 N–H and O–H groups in total. The fourth-order valence-corrected chi connectivity index (χ4v) is 2.90. The predicted molar refractivity (Wildman–Crippen MR) is 98.5 cm³/mol. The molecule has 0 aromatic heterocycles. The summed E-state index contributed by atoms with van der Waals surface area (Å²) in [5, 5.41) is 0. The van der Waals surface area contributed by atoms with Gasteiger partial charge in [-0.15, -0.1) is 0 Å². The van der Waals surface area contributed by atoms with Gasteiger partial charge < -0.3 is 25.0 Å². The number of allylic oxidation sites excluding steroid dienone is 6. The summed E-state index contributed by atoms with van der Waals surface area (Å²) in [5.74, 6) is 0. The van der Waals surface area contributed by atoms with Crippen LogP contribution in [0.4, 0.5) is 4.79 Å². The Morgan fingerprint density at radius 1 is 1.08 bits per heavy atom. The zero-order valence-electron chi connectivity index (χ0n) is 14.8. The lowest BCUT2D eigenvalue weighted by molar-refractivity contribution is 0.0172. The minimum absolute atomic E-state index is 0.0606. The summed E-state index contributed by atoms with van der Waals surface area (Å²) in [6.45, 7) is 3.49. The fraction of sp³-hybridized carbons (Fsp3) is 0.389. The van der Waals surface area contributed by atoms with Gasteiger partial charge in [-0.05, 0) is 43.6 Å². The minimum atomic E-state index is -4.09. The Hall–Kier alpha value is -1.92. The third-order valence-electron chi connectivity index (χ3n) is 3.88. The summed E-state index contributed by atoms with van der Waals surface area (Å²) in [6, 6.07) is 0. The standard InChI is InChI=1S/C18H24NO6P/c1-17(19)8-4-14-6-10-18(2,11-7-15(14)5-9-17)25-16(20)24-12-3-13-26(21,22)23/h4-11H,3,12-13,19H2,1-2H3,(H2,21,22,23). The average molecular weight is 381 g/mol. The molecule has 2 aliphatic rings. The molecule has 142 valence electrons. The van der Waals surface area contributed by atoms with Crippen molar-refractivity contribution in [3.05, 3.63) is 59.8 Å². The molecule has 0 amide bonds. The Labute approximate surface area is 152 Å². The van der Waals surface area contributed by atoms with Crippen molar-refractivity contribution in [2.45, 2.75) is 31.4 Å². The van der Waals surface area contributed by atoms with Gasteiger partial charge in [0.15, 0.2) is 0 Å². The van der Waals surface area contributed by atoms with Gasteiger partial charge in [0.2, 0.25) is 0 Å². The second-order valence-corrected chi connectivity index (χ2v) is 8.51.